The van der Waals surface area contributed by atoms with Crippen molar-refractivity contribution in [2.45, 2.75) is 25.3 Å². The van der Waals surface area contributed by atoms with E-state index >= 15 is 0 Å². The van der Waals surface area contributed by atoms with E-state index in [2.05, 4.69) is 4.74 Å². The first-order valence-electron chi connectivity index (χ1n) is 3.02. The Labute approximate surface area is 69.1 Å². The van der Waals surface area contributed by atoms with E-state index in [9.17, 15) is 9.59 Å². The number of carbonyl (C=O) groups excluding carboxylic acids is 1. The maximum absolute atomic E-state index is 10.6. The van der Waals surface area contributed by atoms with Crippen LogP contribution in [0.2, 0.25) is 0 Å². The van der Waals surface area contributed by atoms with Crippen molar-refractivity contribution in [2.24, 2.45) is 0 Å². The standard InChI is InChI=1S/C6H9ClO4/c1-3(7)6(10)11-4(2)5(8)9/h3-4H,1-2H3,(H,8,9)/t3-,4-/m0/s1. The zero-order chi connectivity index (χ0) is 9.02. The van der Waals surface area contributed by atoms with Crippen molar-refractivity contribution in [3.8, 4) is 0 Å². The molecule has 0 heterocycles. The molecule has 4 nitrogen and oxygen atoms in total. The number of ether oxygens (including phenoxy) is 1. The average molecular weight is 181 g/mol. The fraction of sp³-hybridized carbons (Fsp3) is 0.667. The number of carboxylic acids is 1. The average Bonchev–Trinajstić information content (AvgIpc) is 1.87. The van der Waals surface area contributed by atoms with Crippen LogP contribution in [-0.4, -0.2) is 28.5 Å². The van der Waals surface area contributed by atoms with Crippen molar-refractivity contribution < 1.29 is 19.4 Å². The van der Waals surface area contributed by atoms with Gasteiger partial charge in [0.2, 0.25) is 0 Å². The van der Waals surface area contributed by atoms with Crippen LogP contribution in [0.1, 0.15) is 13.8 Å². The number of hydrogen-bond acceptors (Lipinski definition) is 3. The third-order valence-corrected chi connectivity index (χ3v) is 1.14. The maximum atomic E-state index is 10.6. The molecular weight excluding hydrogens is 172 g/mol. The molecule has 11 heavy (non-hydrogen) atoms. The summed E-state index contributed by atoms with van der Waals surface area (Å²) >= 11 is 5.31. The number of esters is 1. The minimum atomic E-state index is -1.18. The van der Waals surface area contributed by atoms with Crippen LogP contribution in [0, 0.1) is 0 Å². The highest BCUT2D eigenvalue weighted by Crippen LogP contribution is 2.00. The van der Waals surface area contributed by atoms with Crippen LogP contribution >= 0.6 is 11.6 Å². The zero-order valence-electron chi connectivity index (χ0n) is 6.20. The molecule has 0 bridgehead atoms. The Balaban J connectivity index is 3.85. The van der Waals surface area contributed by atoms with Crippen molar-refractivity contribution in [3.05, 3.63) is 0 Å². The van der Waals surface area contributed by atoms with E-state index in [-0.39, 0.29) is 0 Å². The molecular formula is C6H9ClO4. The molecule has 0 saturated heterocycles. The van der Waals surface area contributed by atoms with Crippen molar-refractivity contribution in [1.82, 2.24) is 0 Å². The van der Waals surface area contributed by atoms with E-state index < -0.39 is 23.4 Å². The Morgan fingerprint density at radius 1 is 1.45 bits per heavy atom. The summed E-state index contributed by atoms with van der Waals surface area (Å²) in [6.45, 7) is 2.68. The number of carboxylic acid groups (broad SMARTS) is 1. The molecule has 0 aromatic heterocycles. The molecule has 0 aromatic carbocycles. The van der Waals surface area contributed by atoms with E-state index in [0.29, 0.717) is 0 Å². The molecule has 0 unspecified atom stereocenters. The lowest BCUT2D eigenvalue weighted by molar-refractivity contribution is -0.162. The minimum absolute atomic E-state index is 0.721. The molecule has 0 amide bonds. The lowest BCUT2D eigenvalue weighted by atomic mass is 10.4. The second-order valence-corrected chi connectivity index (χ2v) is 2.69. The predicted molar refractivity (Wildman–Crippen MR) is 38.5 cm³/mol. The van der Waals surface area contributed by atoms with Gasteiger partial charge in [0, 0.05) is 0 Å². The van der Waals surface area contributed by atoms with E-state index in [1.165, 1.54) is 13.8 Å². The summed E-state index contributed by atoms with van der Waals surface area (Å²) in [6.07, 6.45) is -1.14. The molecule has 0 aliphatic rings. The Hall–Kier alpha value is -0.770. The van der Waals surface area contributed by atoms with Gasteiger partial charge >= 0.3 is 11.9 Å². The highest BCUT2D eigenvalue weighted by molar-refractivity contribution is 6.29. The Kier molecular flexibility index (Phi) is 3.89. The van der Waals surface area contributed by atoms with Gasteiger partial charge < -0.3 is 9.84 Å². The second-order valence-electron chi connectivity index (χ2n) is 2.03. The topological polar surface area (TPSA) is 63.6 Å². The highest BCUT2D eigenvalue weighted by Gasteiger charge is 2.19. The van der Waals surface area contributed by atoms with Gasteiger partial charge in [0.05, 0.1) is 0 Å². The van der Waals surface area contributed by atoms with Gasteiger partial charge in [-0.05, 0) is 13.8 Å². The van der Waals surface area contributed by atoms with Crippen LogP contribution in [0.4, 0.5) is 0 Å². The summed E-state index contributed by atoms with van der Waals surface area (Å²) in [7, 11) is 0. The Morgan fingerprint density at radius 2 is 1.91 bits per heavy atom. The van der Waals surface area contributed by atoms with Gasteiger partial charge in [0.15, 0.2) is 6.10 Å². The fourth-order valence-corrected chi connectivity index (χ4v) is 0.370. The number of alkyl halides is 1. The van der Waals surface area contributed by atoms with Crippen molar-refractivity contribution in [1.29, 1.82) is 0 Å². The molecule has 0 rings (SSSR count). The SMILES string of the molecule is C[C@H](Cl)C(=O)O[C@@H](C)C(=O)O. The quantitative estimate of drug-likeness (QED) is 0.511. The van der Waals surface area contributed by atoms with Crippen molar-refractivity contribution in [2.75, 3.05) is 0 Å². The summed E-state index contributed by atoms with van der Waals surface area (Å²) in [5.41, 5.74) is 0. The van der Waals surface area contributed by atoms with Crippen LogP contribution < -0.4 is 0 Å². The second kappa shape index (κ2) is 4.18. The number of rotatable bonds is 3. The smallest absolute Gasteiger partial charge is 0.344 e. The predicted octanol–water partition coefficient (Wildman–Crippen LogP) is 0.630. The molecule has 1 N–H and O–H groups in total. The maximum Gasteiger partial charge on any atom is 0.344 e. The molecule has 0 spiro atoms. The number of hydrogen-bond donors (Lipinski definition) is 1. The fourth-order valence-electron chi connectivity index (χ4n) is 0.318. The summed E-state index contributed by atoms with van der Waals surface area (Å²) in [5, 5.41) is 7.48. The first kappa shape index (κ1) is 10.2. The first-order valence-corrected chi connectivity index (χ1v) is 3.46. The first-order chi connectivity index (χ1) is 4.95. The number of halogens is 1. The zero-order valence-corrected chi connectivity index (χ0v) is 6.96. The molecule has 0 aliphatic heterocycles. The largest absolute Gasteiger partial charge is 0.479 e. The molecule has 0 aliphatic carbocycles. The molecule has 2 atom stereocenters. The van der Waals surface area contributed by atoms with E-state index in [1.54, 1.807) is 0 Å². The van der Waals surface area contributed by atoms with Crippen LogP contribution in [-0.2, 0) is 14.3 Å². The lowest BCUT2D eigenvalue weighted by Crippen LogP contribution is -2.27. The van der Waals surface area contributed by atoms with Crippen molar-refractivity contribution in [3.63, 3.8) is 0 Å². The van der Waals surface area contributed by atoms with Crippen LogP contribution in [0.25, 0.3) is 0 Å². The normalized spacial score (nSPS) is 15.2. The number of aliphatic carboxylic acids is 1. The molecule has 0 radical (unpaired) electrons. The summed E-state index contributed by atoms with van der Waals surface area (Å²) in [5.74, 6) is -1.91. The van der Waals surface area contributed by atoms with E-state index in [0.717, 1.165) is 0 Å². The van der Waals surface area contributed by atoms with Gasteiger partial charge in [-0.25, -0.2) is 4.79 Å². The summed E-state index contributed by atoms with van der Waals surface area (Å²) < 4.78 is 4.40. The molecule has 64 valence electrons. The van der Waals surface area contributed by atoms with Gasteiger partial charge in [-0.3, -0.25) is 4.79 Å². The van der Waals surface area contributed by atoms with Gasteiger partial charge in [-0.15, -0.1) is 11.6 Å². The van der Waals surface area contributed by atoms with Gasteiger partial charge in [-0.1, -0.05) is 0 Å². The monoisotopic (exact) mass is 180 g/mol. The van der Waals surface area contributed by atoms with Crippen molar-refractivity contribution >= 4 is 23.5 Å². The molecule has 0 aromatic rings. The Morgan fingerprint density at radius 3 is 2.18 bits per heavy atom. The molecule has 0 saturated carbocycles. The summed E-state index contributed by atoms with van der Waals surface area (Å²) in [6, 6.07) is 0. The van der Waals surface area contributed by atoms with E-state index in [1.807, 2.05) is 0 Å². The minimum Gasteiger partial charge on any atom is -0.479 e. The van der Waals surface area contributed by atoms with Crippen LogP contribution in [0.3, 0.4) is 0 Å². The van der Waals surface area contributed by atoms with Crippen LogP contribution in [0.15, 0.2) is 0 Å². The van der Waals surface area contributed by atoms with Gasteiger partial charge in [0.1, 0.15) is 5.38 Å². The van der Waals surface area contributed by atoms with Gasteiger partial charge in [-0.2, -0.15) is 0 Å². The third kappa shape index (κ3) is 3.83. The highest BCUT2D eigenvalue weighted by atomic mass is 35.5. The van der Waals surface area contributed by atoms with E-state index in [4.69, 9.17) is 16.7 Å². The lowest BCUT2D eigenvalue weighted by Gasteiger charge is -2.08. The molecule has 5 heteroatoms. The summed E-state index contributed by atoms with van der Waals surface area (Å²) in [4.78, 5) is 20.8. The third-order valence-electron chi connectivity index (χ3n) is 0.965. The number of carbonyl (C=O) groups is 2. The van der Waals surface area contributed by atoms with Crippen LogP contribution in [0.5, 0.6) is 0 Å². The van der Waals surface area contributed by atoms with Gasteiger partial charge in [0.25, 0.3) is 0 Å². The Bertz CT molecular complexity index is 166. The molecule has 0 fully saturated rings.